The van der Waals surface area contributed by atoms with Crippen LogP contribution in [0, 0.1) is 0 Å². The second-order valence-corrected chi connectivity index (χ2v) is 8.11. The van der Waals surface area contributed by atoms with E-state index in [1.54, 1.807) is 18.5 Å². The van der Waals surface area contributed by atoms with Crippen molar-refractivity contribution in [2.45, 2.75) is 37.1 Å². The van der Waals surface area contributed by atoms with Crippen molar-refractivity contribution in [2.24, 2.45) is 0 Å². The van der Waals surface area contributed by atoms with Crippen LogP contribution in [0.3, 0.4) is 0 Å². The predicted molar refractivity (Wildman–Crippen MR) is 96.0 cm³/mol. The highest BCUT2D eigenvalue weighted by Crippen LogP contribution is 2.33. The van der Waals surface area contributed by atoms with Crippen LogP contribution in [0.1, 0.15) is 31.5 Å². The van der Waals surface area contributed by atoms with Crippen LogP contribution in [-0.4, -0.2) is 54.8 Å². The zero-order valence-corrected chi connectivity index (χ0v) is 16.1. The Bertz CT molecular complexity index is 857. The van der Waals surface area contributed by atoms with Gasteiger partial charge in [-0.2, -0.15) is 4.31 Å². The molecule has 0 spiro atoms. The Balaban J connectivity index is 1.76. The zero-order chi connectivity index (χ0) is 18.7. The summed E-state index contributed by atoms with van der Waals surface area (Å²) in [7, 11) is -0.563. The number of aryl methyl sites for hydroxylation is 1. The van der Waals surface area contributed by atoms with E-state index in [-0.39, 0.29) is 10.8 Å². The summed E-state index contributed by atoms with van der Waals surface area (Å²) in [5, 5.41) is 8.19. The van der Waals surface area contributed by atoms with Gasteiger partial charge in [0.25, 0.3) is 0 Å². The van der Waals surface area contributed by atoms with Gasteiger partial charge in [0, 0.05) is 31.6 Å². The molecule has 0 N–H and O–H groups in total. The van der Waals surface area contributed by atoms with Crippen LogP contribution < -0.4 is 9.47 Å². The summed E-state index contributed by atoms with van der Waals surface area (Å²) >= 11 is 0. The summed E-state index contributed by atoms with van der Waals surface area (Å²) in [4.78, 5) is 0.213. The number of benzene rings is 1. The molecule has 0 amide bonds. The molecule has 2 heterocycles. The van der Waals surface area contributed by atoms with Gasteiger partial charge in [-0.25, -0.2) is 8.42 Å². The quantitative estimate of drug-likeness (QED) is 0.761. The van der Waals surface area contributed by atoms with Crippen LogP contribution in [0.2, 0.25) is 0 Å². The molecule has 1 fully saturated rings. The molecule has 1 aliphatic heterocycles. The molecule has 9 heteroatoms. The van der Waals surface area contributed by atoms with Crippen LogP contribution in [0.15, 0.2) is 29.4 Å². The Labute approximate surface area is 153 Å². The molecule has 2 aromatic rings. The Morgan fingerprint density at radius 2 is 1.85 bits per heavy atom. The van der Waals surface area contributed by atoms with Crippen molar-refractivity contribution in [3.05, 3.63) is 30.4 Å². The maximum atomic E-state index is 13.0. The van der Waals surface area contributed by atoms with Gasteiger partial charge in [0.2, 0.25) is 10.0 Å². The molecular weight excluding hydrogens is 356 g/mol. The van der Waals surface area contributed by atoms with E-state index < -0.39 is 10.0 Å². The molecule has 1 aromatic heterocycles. The number of aromatic nitrogens is 3. The minimum absolute atomic E-state index is 0.213. The summed E-state index contributed by atoms with van der Waals surface area (Å²) in [6.07, 6.45) is 3.18. The lowest BCUT2D eigenvalue weighted by molar-refractivity contribution is 0.309. The normalized spacial score (nSPS) is 16.6. The number of rotatable bonds is 6. The van der Waals surface area contributed by atoms with Crippen LogP contribution in [0.4, 0.5) is 0 Å². The summed E-state index contributed by atoms with van der Waals surface area (Å²) in [6, 6.07) is 4.67. The number of methoxy groups -OCH3 is 2. The van der Waals surface area contributed by atoms with Crippen molar-refractivity contribution in [1.82, 2.24) is 19.1 Å². The fourth-order valence-electron chi connectivity index (χ4n) is 3.30. The highest BCUT2D eigenvalue weighted by atomic mass is 32.2. The van der Waals surface area contributed by atoms with E-state index in [2.05, 4.69) is 10.2 Å². The summed E-state index contributed by atoms with van der Waals surface area (Å²) < 4.78 is 39.9. The minimum atomic E-state index is -3.57. The predicted octanol–water partition coefficient (Wildman–Crippen LogP) is 1.88. The Hall–Kier alpha value is -2.13. The summed E-state index contributed by atoms with van der Waals surface area (Å²) in [6.45, 7) is 3.77. The SMILES string of the molecule is CCn1cnnc1C1CCN(S(=O)(=O)c2ccc(OC)c(OC)c2)CC1. The van der Waals surface area contributed by atoms with Crippen LogP contribution >= 0.6 is 0 Å². The highest BCUT2D eigenvalue weighted by Gasteiger charge is 2.32. The first kappa shape index (κ1) is 18.7. The number of hydrogen-bond donors (Lipinski definition) is 0. The van der Waals surface area contributed by atoms with Gasteiger partial charge in [-0.1, -0.05) is 0 Å². The molecule has 8 nitrogen and oxygen atoms in total. The summed E-state index contributed by atoms with van der Waals surface area (Å²) in [5.74, 6) is 2.08. The molecule has 0 radical (unpaired) electrons. The van der Waals surface area contributed by atoms with E-state index in [9.17, 15) is 8.42 Å². The third-order valence-electron chi connectivity index (χ3n) is 4.80. The fourth-order valence-corrected chi connectivity index (χ4v) is 4.79. The average molecular weight is 380 g/mol. The maximum absolute atomic E-state index is 13.0. The highest BCUT2D eigenvalue weighted by molar-refractivity contribution is 7.89. The first-order valence-corrected chi connectivity index (χ1v) is 10.0. The van der Waals surface area contributed by atoms with Gasteiger partial charge >= 0.3 is 0 Å². The molecule has 1 aromatic carbocycles. The first-order valence-electron chi connectivity index (χ1n) is 8.61. The number of piperidine rings is 1. The molecule has 1 saturated heterocycles. The van der Waals surface area contributed by atoms with Crippen LogP contribution in [0.5, 0.6) is 11.5 Å². The average Bonchev–Trinajstić information content (AvgIpc) is 3.16. The largest absolute Gasteiger partial charge is 0.493 e. The smallest absolute Gasteiger partial charge is 0.243 e. The molecular formula is C17H24N4O4S. The third kappa shape index (κ3) is 3.41. The van der Waals surface area contributed by atoms with Crippen molar-refractivity contribution in [2.75, 3.05) is 27.3 Å². The van der Waals surface area contributed by atoms with E-state index in [4.69, 9.17) is 9.47 Å². The molecule has 3 rings (SSSR count). The van der Waals surface area contributed by atoms with E-state index in [1.807, 2.05) is 11.5 Å². The number of ether oxygens (including phenoxy) is 2. The van der Waals surface area contributed by atoms with Gasteiger partial charge < -0.3 is 14.0 Å². The van der Waals surface area contributed by atoms with Gasteiger partial charge in [0.15, 0.2) is 11.5 Å². The molecule has 0 saturated carbocycles. The molecule has 0 bridgehead atoms. The van der Waals surface area contributed by atoms with Crippen molar-refractivity contribution in [1.29, 1.82) is 0 Å². The summed E-state index contributed by atoms with van der Waals surface area (Å²) in [5.41, 5.74) is 0. The Morgan fingerprint density at radius 1 is 1.15 bits per heavy atom. The van der Waals surface area contributed by atoms with Crippen LogP contribution in [0.25, 0.3) is 0 Å². The molecule has 0 aliphatic carbocycles. The van der Waals surface area contributed by atoms with E-state index in [1.165, 1.54) is 24.6 Å². The molecule has 0 atom stereocenters. The molecule has 1 aliphatic rings. The van der Waals surface area contributed by atoms with Gasteiger partial charge in [-0.15, -0.1) is 10.2 Å². The molecule has 26 heavy (non-hydrogen) atoms. The van der Waals surface area contributed by atoms with Crippen LogP contribution in [-0.2, 0) is 16.6 Å². The lowest BCUT2D eigenvalue weighted by Gasteiger charge is -2.31. The van der Waals surface area contributed by atoms with E-state index >= 15 is 0 Å². The first-order chi connectivity index (χ1) is 12.5. The van der Waals surface area contributed by atoms with E-state index in [0.717, 1.165) is 25.2 Å². The monoisotopic (exact) mass is 380 g/mol. The molecule has 142 valence electrons. The second kappa shape index (κ2) is 7.63. The topological polar surface area (TPSA) is 86.6 Å². The Morgan fingerprint density at radius 3 is 2.46 bits per heavy atom. The third-order valence-corrected chi connectivity index (χ3v) is 6.69. The van der Waals surface area contributed by atoms with E-state index in [0.29, 0.717) is 24.6 Å². The number of nitrogens with zero attached hydrogens (tertiary/aromatic N) is 4. The fraction of sp³-hybridized carbons (Fsp3) is 0.529. The minimum Gasteiger partial charge on any atom is -0.493 e. The molecule has 0 unspecified atom stereocenters. The van der Waals surface area contributed by atoms with Gasteiger partial charge in [-0.05, 0) is 31.9 Å². The van der Waals surface area contributed by atoms with Crippen molar-refractivity contribution in [3.63, 3.8) is 0 Å². The van der Waals surface area contributed by atoms with Crippen molar-refractivity contribution >= 4 is 10.0 Å². The van der Waals surface area contributed by atoms with Gasteiger partial charge in [0.1, 0.15) is 12.2 Å². The van der Waals surface area contributed by atoms with Crippen molar-refractivity contribution < 1.29 is 17.9 Å². The zero-order valence-electron chi connectivity index (χ0n) is 15.3. The van der Waals surface area contributed by atoms with Gasteiger partial charge in [0.05, 0.1) is 19.1 Å². The number of hydrogen-bond acceptors (Lipinski definition) is 6. The lowest BCUT2D eigenvalue weighted by atomic mass is 9.97. The number of sulfonamides is 1. The van der Waals surface area contributed by atoms with Gasteiger partial charge in [-0.3, -0.25) is 0 Å². The Kier molecular flexibility index (Phi) is 5.47. The van der Waals surface area contributed by atoms with Crippen molar-refractivity contribution in [3.8, 4) is 11.5 Å². The maximum Gasteiger partial charge on any atom is 0.243 e. The second-order valence-electron chi connectivity index (χ2n) is 6.17. The standard InChI is InChI=1S/C17H24N4O4S/c1-4-20-12-18-19-17(20)13-7-9-21(10-8-13)26(22,23)14-5-6-15(24-2)16(11-14)25-3/h5-6,11-13H,4,7-10H2,1-3H3. The lowest BCUT2D eigenvalue weighted by Crippen LogP contribution is -2.38.